The summed E-state index contributed by atoms with van der Waals surface area (Å²) < 4.78 is 1.40. The fourth-order valence-electron chi connectivity index (χ4n) is 4.08. The molecule has 2 N–H and O–H groups in total. The van der Waals surface area contributed by atoms with Crippen molar-refractivity contribution in [2.45, 2.75) is 12.1 Å². The number of carboxylic acid groups (broad SMARTS) is 1. The summed E-state index contributed by atoms with van der Waals surface area (Å²) in [7, 11) is 3.25. The second-order valence-electron chi connectivity index (χ2n) is 7.40. The fourth-order valence-corrected chi connectivity index (χ4v) is 4.08. The van der Waals surface area contributed by atoms with Gasteiger partial charge in [-0.3, -0.25) is 14.6 Å². The summed E-state index contributed by atoms with van der Waals surface area (Å²) in [4.78, 5) is 37.0. The lowest BCUT2D eigenvalue weighted by molar-refractivity contribution is -0.0481. The molecule has 3 aromatic rings. The predicted octanol–water partition coefficient (Wildman–Crippen LogP) is 2.52. The van der Waals surface area contributed by atoms with Crippen LogP contribution in [0.1, 0.15) is 44.1 Å². The molecule has 0 bridgehead atoms. The third-order valence-corrected chi connectivity index (χ3v) is 5.69. The van der Waals surface area contributed by atoms with Crippen LogP contribution in [0.2, 0.25) is 0 Å². The molecule has 0 aliphatic carbocycles. The second kappa shape index (κ2) is 7.73. The van der Waals surface area contributed by atoms with Crippen LogP contribution in [0.25, 0.3) is 0 Å². The highest BCUT2D eigenvalue weighted by molar-refractivity contribution is 5.97. The molecule has 31 heavy (non-hydrogen) atoms. The number of aromatic nitrogens is 1. The van der Waals surface area contributed by atoms with Gasteiger partial charge in [0.05, 0.1) is 0 Å². The summed E-state index contributed by atoms with van der Waals surface area (Å²) in [6.45, 7) is 0. The second-order valence-corrected chi connectivity index (χ2v) is 7.40. The van der Waals surface area contributed by atoms with Crippen molar-refractivity contribution in [3.05, 3.63) is 99.5 Å². The topological polar surface area (TPSA) is 103 Å². The molecule has 1 unspecified atom stereocenters. The largest absolute Gasteiger partial charge is 0.503 e. The van der Waals surface area contributed by atoms with Gasteiger partial charge in [0.1, 0.15) is 11.7 Å². The van der Waals surface area contributed by atoms with Gasteiger partial charge in [0.25, 0.3) is 5.91 Å². The first-order chi connectivity index (χ1) is 14.8. The Labute approximate surface area is 178 Å². The highest BCUT2D eigenvalue weighted by atomic mass is 16.4. The van der Waals surface area contributed by atoms with Crippen molar-refractivity contribution in [2.24, 2.45) is 0 Å². The molecule has 1 aliphatic heterocycles. The van der Waals surface area contributed by atoms with Crippen molar-refractivity contribution in [3.63, 3.8) is 0 Å². The van der Waals surface area contributed by atoms with E-state index in [0.29, 0.717) is 0 Å². The minimum absolute atomic E-state index is 0.238. The van der Waals surface area contributed by atoms with Crippen molar-refractivity contribution >= 4 is 11.9 Å². The number of carbonyl (C=O) groups is 2. The number of hydrogen-bond acceptors (Lipinski definition) is 5. The number of nitrogens with zero attached hydrogens (tertiary/aromatic N) is 3. The van der Waals surface area contributed by atoms with Gasteiger partial charge in [0.2, 0.25) is 5.43 Å². The number of fused-ring (bicyclic) bond motifs is 1. The van der Waals surface area contributed by atoms with Gasteiger partial charge < -0.3 is 14.8 Å². The highest BCUT2D eigenvalue weighted by Crippen LogP contribution is 2.41. The molecule has 1 aromatic heterocycles. The van der Waals surface area contributed by atoms with Gasteiger partial charge in [-0.05, 0) is 11.1 Å². The monoisotopic (exact) mass is 419 g/mol. The Morgan fingerprint density at radius 3 is 1.94 bits per heavy atom. The van der Waals surface area contributed by atoms with Gasteiger partial charge in [0, 0.05) is 26.2 Å². The Morgan fingerprint density at radius 1 is 0.935 bits per heavy atom. The van der Waals surface area contributed by atoms with Crippen LogP contribution in [0.4, 0.5) is 0 Å². The first kappa shape index (κ1) is 20.4. The number of hydrazine groups is 1. The summed E-state index contributed by atoms with van der Waals surface area (Å²) in [6.07, 6.45) is 0.511. The zero-order chi connectivity index (χ0) is 22.3. The minimum atomic E-state index is -1.47. The molecule has 1 aliphatic rings. The molecular formula is C23H21N3O5. The molecule has 158 valence electrons. The zero-order valence-corrected chi connectivity index (χ0v) is 17.0. The number of hydrogen-bond donors (Lipinski definition) is 2. The molecule has 1 atom stereocenters. The number of rotatable bonds is 4. The lowest BCUT2D eigenvalue weighted by Gasteiger charge is -2.45. The third-order valence-electron chi connectivity index (χ3n) is 5.69. The fraction of sp³-hybridized carbons (Fsp3) is 0.174. The first-order valence-corrected chi connectivity index (χ1v) is 9.65. The van der Waals surface area contributed by atoms with Crippen molar-refractivity contribution < 1.29 is 19.8 Å². The Balaban J connectivity index is 2.05. The Kier molecular flexibility index (Phi) is 5.08. The quantitative estimate of drug-likeness (QED) is 0.674. The van der Waals surface area contributed by atoms with Gasteiger partial charge >= 0.3 is 5.97 Å². The third kappa shape index (κ3) is 3.27. The first-order valence-electron chi connectivity index (χ1n) is 9.65. The van der Waals surface area contributed by atoms with Crippen molar-refractivity contribution in [3.8, 4) is 5.75 Å². The number of aromatic carboxylic acids is 1. The van der Waals surface area contributed by atoms with E-state index < -0.39 is 34.8 Å². The molecule has 0 saturated heterocycles. The molecule has 2 heterocycles. The van der Waals surface area contributed by atoms with E-state index in [1.807, 2.05) is 60.7 Å². The van der Waals surface area contributed by atoms with E-state index in [2.05, 4.69) is 0 Å². The van der Waals surface area contributed by atoms with E-state index in [9.17, 15) is 24.6 Å². The van der Waals surface area contributed by atoms with E-state index in [1.54, 1.807) is 19.1 Å². The smallest absolute Gasteiger partial charge is 0.341 e. The molecule has 1 amide bonds. The molecule has 0 radical (unpaired) electrons. The Hall–Kier alpha value is -3.91. The van der Waals surface area contributed by atoms with Crippen LogP contribution >= 0.6 is 0 Å². The average molecular weight is 419 g/mol. The van der Waals surface area contributed by atoms with Crippen LogP contribution in [0.5, 0.6) is 5.75 Å². The summed E-state index contributed by atoms with van der Waals surface area (Å²) in [5.74, 6) is -3.29. The van der Waals surface area contributed by atoms with Crippen molar-refractivity contribution in [1.82, 2.24) is 14.6 Å². The number of carbonyl (C=O) groups excluding carboxylic acids is 1. The average Bonchev–Trinajstić information content (AvgIpc) is 2.78. The zero-order valence-electron chi connectivity index (χ0n) is 17.0. The number of likely N-dealkylation sites (N-methyl/N-ethyl adjacent to an activating group) is 1. The molecule has 8 nitrogen and oxygen atoms in total. The number of aromatic hydroxyl groups is 1. The number of pyridine rings is 1. The molecule has 4 rings (SSSR count). The van der Waals surface area contributed by atoms with Gasteiger partial charge in [-0.2, -0.15) is 5.01 Å². The van der Waals surface area contributed by atoms with E-state index in [1.165, 1.54) is 9.58 Å². The molecule has 0 spiro atoms. The molecular weight excluding hydrogens is 398 g/mol. The highest BCUT2D eigenvalue weighted by Gasteiger charge is 2.42. The summed E-state index contributed by atoms with van der Waals surface area (Å²) in [5, 5.41) is 23.0. The van der Waals surface area contributed by atoms with E-state index in [4.69, 9.17) is 0 Å². The van der Waals surface area contributed by atoms with Gasteiger partial charge in [-0.25, -0.2) is 4.79 Å². The maximum Gasteiger partial charge on any atom is 0.341 e. The van der Waals surface area contributed by atoms with Gasteiger partial charge in [-0.15, -0.1) is 0 Å². The maximum absolute atomic E-state index is 12.9. The summed E-state index contributed by atoms with van der Waals surface area (Å²) in [6, 6.07) is 19.2. The molecule has 2 aromatic carbocycles. The molecule has 0 saturated carbocycles. The summed E-state index contributed by atoms with van der Waals surface area (Å²) >= 11 is 0. The minimum Gasteiger partial charge on any atom is -0.503 e. The number of carboxylic acids is 1. The van der Waals surface area contributed by atoms with E-state index >= 15 is 0 Å². The molecule has 8 heteroatoms. The van der Waals surface area contributed by atoms with Crippen LogP contribution in [0, 0.1) is 0 Å². The van der Waals surface area contributed by atoms with E-state index in [0.717, 1.165) is 17.3 Å². The number of benzene rings is 2. The number of amides is 1. The molecule has 0 fully saturated rings. The van der Waals surface area contributed by atoms with E-state index in [-0.39, 0.29) is 11.6 Å². The predicted molar refractivity (Wildman–Crippen MR) is 113 cm³/mol. The Morgan fingerprint density at radius 2 is 1.45 bits per heavy atom. The van der Waals surface area contributed by atoms with Gasteiger partial charge in [-0.1, -0.05) is 60.7 Å². The van der Waals surface area contributed by atoms with Crippen LogP contribution in [0.15, 0.2) is 71.7 Å². The van der Waals surface area contributed by atoms with Gasteiger partial charge in [0.15, 0.2) is 11.4 Å². The maximum atomic E-state index is 12.9. The standard InChI is InChI=1S/C23H21N3O5/c1-24-21(17(14-9-5-3-6-10-14)15-11-7-4-8-12-15)26-13-16(23(30)31)19(27)20(28)18(26)22(29)25(24)2/h3-13,17,21,28H,1-2H3,(H,30,31). The lowest BCUT2D eigenvalue weighted by Crippen LogP contribution is -2.53. The van der Waals surface area contributed by atoms with Crippen LogP contribution < -0.4 is 5.43 Å². The van der Waals surface area contributed by atoms with Crippen LogP contribution in [0.3, 0.4) is 0 Å². The normalized spacial score (nSPS) is 16.4. The Bertz CT molecular complexity index is 1170. The van der Waals surface area contributed by atoms with Crippen molar-refractivity contribution in [1.29, 1.82) is 0 Å². The SMILES string of the molecule is CN1C(=O)c2c(O)c(=O)c(C(=O)O)cn2C(C(c2ccccc2)c2ccccc2)N1C. The van der Waals surface area contributed by atoms with Crippen LogP contribution in [-0.4, -0.2) is 50.8 Å². The lowest BCUT2D eigenvalue weighted by atomic mass is 9.87. The van der Waals surface area contributed by atoms with Crippen LogP contribution in [-0.2, 0) is 0 Å². The summed E-state index contributed by atoms with van der Waals surface area (Å²) in [5.41, 5.74) is -0.0715. The van der Waals surface area contributed by atoms with Crippen molar-refractivity contribution in [2.75, 3.05) is 14.1 Å².